The van der Waals surface area contributed by atoms with Gasteiger partial charge in [-0.1, -0.05) is 29.8 Å². The Kier molecular flexibility index (Phi) is 12.0. The van der Waals surface area contributed by atoms with Gasteiger partial charge in [-0.2, -0.15) is 0 Å². The molecule has 0 fully saturated rings. The Morgan fingerprint density at radius 2 is 1.50 bits per heavy atom. The topological polar surface area (TPSA) is 40.6 Å². The minimum absolute atomic E-state index is 0.557. The minimum atomic E-state index is -2.95. The van der Waals surface area contributed by atoms with E-state index in [1.807, 2.05) is 26.8 Å². The van der Waals surface area contributed by atoms with Crippen LogP contribution in [0, 0.1) is 6.92 Å². The number of aryl methyl sites for hydroxylation is 1. The van der Waals surface area contributed by atoms with Gasteiger partial charge in [0.05, 0.1) is 10.2 Å². The highest BCUT2D eigenvalue weighted by Crippen LogP contribution is 2.55. The van der Waals surface area contributed by atoms with Gasteiger partial charge >= 0.3 is 8.80 Å². The zero-order chi connectivity index (χ0) is 22.8. The second-order valence-electron chi connectivity index (χ2n) is 6.24. The van der Waals surface area contributed by atoms with Crippen molar-refractivity contribution >= 4 is 96.4 Å². The Labute approximate surface area is 217 Å². The van der Waals surface area contributed by atoms with Crippen LogP contribution in [0.25, 0.3) is 10.2 Å². The van der Waals surface area contributed by atoms with E-state index in [-0.39, 0.29) is 0 Å². The summed E-state index contributed by atoms with van der Waals surface area (Å²) in [5.41, 5.74) is 2.25. The molecule has 0 bridgehead atoms. The maximum Gasteiger partial charge on any atom is 0.538 e. The fourth-order valence-corrected chi connectivity index (χ4v) is 18.8. The molecule has 174 valence electrons. The van der Waals surface area contributed by atoms with Gasteiger partial charge in [0.25, 0.3) is 0 Å². The van der Waals surface area contributed by atoms with Crippen molar-refractivity contribution in [1.82, 2.24) is 4.98 Å². The van der Waals surface area contributed by atoms with Gasteiger partial charge in [-0.25, -0.2) is 4.98 Å². The first kappa shape index (κ1) is 27.1. The van der Waals surface area contributed by atoms with E-state index in [0.717, 1.165) is 19.9 Å². The summed E-state index contributed by atoms with van der Waals surface area (Å²) in [5.74, 6) is 0. The molecule has 0 aliphatic heterocycles. The third-order valence-electron chi connectivity index (χ3n) is 4.05. The number of hydrogen-bond donors (Lipinski definition) is 0. The van der Waals surface area contributed by atoms with Crippen LogP contribution in [-0.4, -0.2) is 33.6 Å². The first-order valence-electron chi connectivity index (χ1n) is 10.0. The number of aromatic nitrogens is 1. The second-order valence-corrected chi connectivity index (χ2v) is 19.3. The Morgan fingerprint density at radius 1 is 0.844 bits per heavy atom. The largest absolute Gasteiger partial charge is 0.538 e. The fraction of sp³-hybridized carbons (Fsp3) is 0.350. The Hall–Kier alpha value is 0.527. The lowest BCUT2D eigenvalue weighted by Crippen LogP contribution is -2.57. The van der Waals surface area contributed by atoms with Crippen LogP contribution in [0.5, 0.6) is 0 Å². The molecule has 2 aromatic carbocycles. The van der Waals surface area contributed by atoms with Crippen LogP contribution < -0.4 is 5.19 Å². The van der Waals surface area contributed by atoms with Crippen LogP contribution in [0.15, 0.2) is 51.7 Å². The molecule has 0 amide bonds. The fourth-order valence-electron chi connectivity index (χ4n) is 2.89. The molecular formula is C20H25NO3S7Si. The van der Waals surface area contributed by atoms with Gasteiger partial charge in [-0.15, -0.1) is 11.3 Å². The van der Waals surface area contributed by atoms with Gasteiger partial charge in [0.1, 0.15) is 0 Å². The summed E-state index contributed by atoms with van der Waals surface area (Å²) >= 11 is 1.74. The number of para-hydroxylation sites is 1. The number of nitrogens with zero attached hydrogens (tertiary/aromatic N) is 1. The average molecular weight is 580 g/mol. The molecule has 0 saturated carbocycles. The molecular weight excluding hydrogens is 555 g/mol. The van der Waals surface area contributed by atoms with E-state index >= 15 is 0 Å². The van der Waals surface area contributed by atoms with Crippen molar-refractivity contribution < 1.29 is 13.3 Å². The highest BCUT2D eigenvalue weighted by atomic mass is 33.9. The number of benzene rings is 2. The minimum Gasteiger partial charge on any atom is -0.370 e. The Bertz CT molecular complexity index is 941. The molecule has 0 N–H and O–H groups in total. The van der Waals surface area contributed by atoms with Gasteiger partial charge in [-0.3, -0.25) is 0 Å². The highest BCUT2D eigenvalue weighted by Gasteiger charge is 2.45. The summed E-state index contributed by atoms with van der Waals surface area (Å²) in [6.45, 7) is 9.73. The van der Waals surface area contributed by atoms with Crippen molar-refractivity contribution in [3.63, 3.8) is 0 Å². The van der Waals surface area contributed by atoms with E-state index in [9.17, 15) is 0 Å². The lowest BCUT2D eigenvalue weighted by atomic mass is 10.2. The zero-order valence-corrected chi connectivity index (χ0v) is 24.9. The van der Waals surface area contributed by atoms with E-state index in [0.29, 0.717) is 19.8 Å². The molecule has 0 aliphatic rings. The summed E-state index contributed by atoms with van der Waals surface area (Å²) in [5, 5.41) is 1.06. The first-order valence-corrected chi connectivity index (χ1v) is 20.0. The lowest BCUT2D eigenvalue weighted by Gasteiger charge is -2.30. The molecule has 4 nitrogen and oxygen atoms in total. The first-order chi connectivity index (χ1) is 15.6. The summed E-state index contributed by atoms with van der Waals surface area (Å²) in [6.07, 6.45) is 0. The molecule has 0 unspecified atom stereocenters. The maximum atomic E-state index is 6.16. The predicted octanol–water partition coefficient (Wildman–Crippen LogP) is 8.25. The predicted molar refractivity (Wildman–Crippen MR) is 153 cm³/mol. The summed E-state index contributed by atoms with van der Waals surface area (Å²) < 4.78 is 20.8. The molecule has 1 heterocycles. The smallest absolute Gasteiger partial charge is 0.370 e. The van der Waals surface area contributed by atoms with Crippen molar-refractivity contribution in [2.45, 2.75) is 36.9 Å². The molecule has 0 atom stereocenters. The van der Waals surface area contributed by atoms with Crippen molar-refractivity contribution in [3.8, 4) is 0 Å². The normalized spacial score (nSPS) is 12.0. The average Bonchev–Trinajstić information content (AvgIpc) is 3.20. The van der Waals surface area contributed by atoms with Crippen molar-refractivity contribution in [2.24, 2.45) is 0 Å². The Morgan fingerprint density at radius 3 is 2.16 bits per heavy atom. The van der Waals surface area contributed by atoms with Crippen LogP contribution in [0.2, 0.25) is 0 Å². The van der Waals surface area contributed by atoms with Gasteiger partial charge in [0.2, 0.25) is 0 Å². The number of rotatable bonds is 14. The molecule has 1 aromatic heterocycles. The van der Waals surface area contributed by atoms with E-state index < -0.39 is 8.80 Å². The van der Waals surface area contributed by atoms with E-state index in [2.05, 4.69) is 48.3 Å². The zero-order valence-electron chi connectivity index (χ0n) is 18.2. The highest BCUT2D eigenvalue weighted by molar-refractivity contribution is 9.41. The van der Waals surface area contributed by atoms with Gasteiger partial charge < -0.3 is 13.3 Å². The number of fused-ring (bicyclic) bond motifs is 1. The summed E-state index contributed by atoms with van der Waals surface area (Å²) in [4.78, 5) is 5.80. The standard InChI is InChI=1S/C20H25NO3S7Si/c1-5-22-32(23-6-2,24-7-3)19-14-15(4)12-13-18(19)26-28-30-31-29-27-20-21-16-10-8-9-11-17(16)25-20/h8-14H,5-7H2,1-4H3. The molecule has 3 rings (SSSR count). The molecule has 0 aliphatic carbocycles. The van der Waals surface area contributed by atoms with Crippen molar-refractivity contribution in [1.29, 1.82) is 0 Å². The molecule has 0 radical (unpaired) electrons. The summed E-state index contributed by atoms with van der Waals surface area (Å²) in [7, 11) is 7.46. The quantitative estimate of drug-likeness (QED) is 0.106. The second kappa shape index (κ2) is 14.2. The van der Waals surface area contributed by atoms with Crippen molar-refractivity contribution in [2.75, 3.05) is 19.8 Å². The Balaban J connectivity index is 1.57. The van der Waals surface area contributed by atoms with E-state index in [1.165, 1.54) is 10.3 Å². The monoisotopic (exact) mass is 579 g/mol. The SMILES string of the molecule is CCO[Si](OCC)(OCC)c1cc(C)ccc1SSSSSSc1nc2ccccc2s1. The molecule has 32 heavy (non-hydrogen) atoms. The molecule has 0 saturated heterocycles. The maximum absolute atomic E-state index is 6.16. The van der Waals surface area contributed by atoms with Crippen molar-refractivity contribution in [3.05, 3.63) is 48.0 Å². The molecule has 0 spiro atoms. The molecule has 12 heteroatoms. The number of hydrogen-bond acceptors (Lipinski definition) is 11. The third kappa shape index (κ3) is 7.51. The number of thiazole rings is 1. The lowest BCUT2D eigenvalue weighted by molar-refractivity contribution is 0.0854. The van der Waals surface area contributed by atoms with Crippen LogP contribution in [0.4, 0.5) is 0 Å². The van der Waals surface area contributed by atoms with Gasteiger partial charge in [-0.05, 0) is 107 Å². The van der Waals surface area contributed by atoms with Crippen LogP contribution in [-0.2, 0) is 13.3 Å². The van der Waals surface area contributed by atoms with Gasteiger partial charge in [0, 0.05) is 29.9 Å². The van der Waals surface area contributed by atoms with Crippen LogP contribution >= 0.6 is 72.2 Å². The van der Waals surface area contributed by atoms with E-state index in [1.54, 1.807) is 72.2 Å². The van der Waals surface area contributed by atoms with Gasteiger partial charge in [0.15, 0.2) is 4.34 Å². The van der Waals surface area contributed by atoms with Crippen LogP contribution in [0.1, 0.15) is 26.3 Å². The van der Waals surface area contributed by atoms with Crippen LogP contribution in [0.3, 0.4) is 0 Å². The third-order valence-corrected chi connectivity index (χ3v) is 19.2. The summed E-state index contributed by atoms with van der Waals surface area (Å²) in [6, 6.07) is 14.7. The molecule has 3 aromatic rings. The van der Waals surface area contributed by atoms with E-state index in [4.69, 9.17) is 13.3 Å².